The maximum Gasteiger partial charge on any atom is 0.226 e. The van der Waals surface area contributed by atoms with Crippen LogP contribution >= 0.6 is 0 Å². The number of hydrogen-bond donors (Lipinski definition) is 2. The quantitative estimate of drug-likeness (QED) is 0.704. The molecular formula is C27H39N3O4. The topological polar surface area (TPSA) is 76.5 Å². The molecule has 7 heteroatoms. The van der Waals surface area contributed by atoms with Crippen molar-refractivity contribution >= 4 is 5.91 Å². The number of benzene rings is 1. The molecule has 186 valence electrons. The van der Waals surface area contributed by atoms with Gasteiger partial charge in [-0.05, 0) is 84.1 Å². The Kier molecular flexibility index (Phi) is 5.21. The van der Waals surface area contributed by atoms with Crippen LogP contribution in [0.1, 0.15) is 57.1 Å². The summed E-state index contributed by atoms with van der Waals surface area (Å²) in [5, 5.41) is 23.2. The highest BCUT2D eigenvalue weighted by Crippen LogP contribution is 2.65. The predicted molar refractivity (Wildman–Crippen MR) is 129 cm³/mol. The molecule has 6 atom stereocenters. The molecule has 0 aromatic heterocycles. The van der Waals surface area contributed by atoms with Crippen LogP contribution < -0.4 is 4.74 Å². The zero-order valence-corrected chi connectivity index (χ0v) is 20.8. The SMILES string of the molecule is CCN(CC)C(=O)C1CCCN([C@@H]2CC[C@@]3(O)[C@H]4Cc5ccc(O)c6c5[C@@]3(CCN4C)[C@H]2O6)C1. The van der Waals surface area contributed by atoms with Gasteiger partial charge in [-0.1, -0.05) is 6.07 Å². The van der Waals surface area contributed by atoms with E-state index < -0.39 is 11.0 Å². The Morgan fingerprint density at radius 2 is 2.00 bits per heavy atom. The molecule has 34 heavy (non-hydrogen) atoms. The molecule has 2 aliphatic carbocycles. The molecule has 1 spiro atoms. The van der Waals surface area contributed by atoms with Crippen molar-refractivity contribution in [3.8, 4) is 11.5 Å². The number of phenols is 1. The molecule has 1 aromatic rings. The van der Waals surface area contributed by atoms with Crippen molar-refractivity contribution in [1.29, 1.82) is 0 Å². The monoisotopic (exact) mass is 469 g/mol. The first-order chi connectivity index (χ1) is 16.4. The Labute approximate surface area is 202 Å². The van der Waals surface area contributed by atoms with E-state index in [4.69, 9.17) is 4.74 Å². The van der Waals surface area contributed by atoms with Gasteiger partial charge in [-0.25, -0.2) is 0 Å². The number of carbonyl (C=O) groups is 1. The molecule has 3 fully saturated rings. The first-order valence-electron chi connectivity index (χ1n) is 13.3. The average molecular weight is 470 g/mol. The van der Waals surface area contributed by atoms with Crippen molar-refractivity contribution in [3.05, 3.63) is 23.3 Å². The van der Waals surface area contributed by atoms with E-state index in [-0.39, 0.29) is 35.8 Å². The van der Waals surface area contributed by atoms with Crippen molar-refractivity contribution in [1.82, 2.24) is 14.7 Å². The van der Waals surface area contributed by atoms with E-state index in [1.165, 1.54) is 5.56 Å². The number of nitrogens with zero attached hydrogens (tertiary/aromatic N) is 3. The summed E-state index contributed by atoms with van der Waals surface area (Å²) in [5.74, 6) is 1.09. The number of phenolic OH excluding ortho intramolecular Hbond substituents is 1. The van der Waals surface area contributed by atoms with Crippen LogP contribution in [0.5, 0.6) is 11.5 Å². The largest absolute Gasteiger partial charge is 0.504 e. The number of hydrogen-bond acceptors (Lipinski definition) is 6. The van der Waals surface area contributed by atoms with Gasteiger partial charge in [0.1, 0.15) is 6.10 Å². The van der Waals surface area contributed by atoms with Crippen LogP contribution in [-0.2, 0) is 16.6 Å². The first-order valence-corrected chi connectivity index (χ1v) is 13.3. The van der Waals surface area contributed by atoms with E-state index in [2.05, 4.69) is 30.7 Å². The highest BCUT2D eigenvalue weighted by Gasteiger charge is 2.73. The number of likely N-dealkylation sites (N-methyl/N-ethyl adjacent to an activating group) is 1. The maximum atomic E-state index is 13.2. The van der Waals surface area contributed by atoms with Crippen molar-refractivity contribution in [2.24, 2.45) is 5.92 Å². The molecular weight excluding hydrogens is 430 g/mol. The van der Waals surface area contributed by atoms with E-state index in [0.717, 1.165) is 76.8 Å². The summed E-state index contributed by atoms with van der Waals surface area (Å²) in [4.78, 5) is 20.0. The Bertz CT molecular complexity index is 996. The predicted octanol–water partition coefficient (Wildman–Crippen LogP) is 2.13. The van der Waals surface area contributed by atoms with Crippen LogP contribution in [0.3, 0.4) is 0 Å². The number of piperidine rings is 2. The smallest absolute Gasteiger partial charge is 0.226 e. The van der Waals surface area contributed by atoms with Crippen LogP contribution in [0, 0.1) is 5.92 Å². The van der Waals surface area contributed by atoms with Gasteiger partial charge in [0.05, 0.1) is 16.9 Å². The van der Waals surface area contributed by atoms with Crippen molar-refractivity contribution in [2.45, 2.75) is 81.6 Å². The van der Waals surface area contributed by atoms with Gasteiger partial charge < -0.3 is 24.7 Å². The van der Waals surface area contributed by atoms with E-state index in [1.54, 1.807) is 6.07 Å². The number of ether oxygens (including phenoxy) is 1. The van der Waals surface area contributed by atoms with E-state index in [0.29, 0.717) is 5.75 Å². The van der Waals surface area contributed by atoms with Crippen LogP contribution in [0.25, 0.3) is 0 Å². The van der Waals surface area contributed by atoms with Crippen LogP contribution in [0.4, 0.5) is 0 Å². The third-order valence-electron chi connectivity index (χ3n) is 10.0. The lowest BCUT2D eigenvalue weighted by Crippen LogP contribution is -2.78. The van der Waals surface area contributed by atoms with E-state index >= 15 is 0 Å². The Morgan fingerprint density at radius 1 is 1.21 bits per heavy atom. The highest BCUT2D eigenvalue weighted by molar-refractivity contribution is 5.79. The first kappa shape index (κ1) is 22.6. The second kappa shape index (κ2) is 7.84. The minimum Gasteiger partial charge on any atom is -0.504 e. The number of aliphatic hydroxyl groups is 1. The fraction of sp³-hybridized carbons (Fsp3) is 0.741. The Morgan fingerprint density at radius 3 is 2.76 bits per heavy atom. The summed E-state index contributed by atoms with van der Waals surface area (Å²) in [6.45, 7) is 8.24. The molecule has 1 amide bonds. The van der Waals surface area contributed by atoms with Crippen LogP contribution in [0.2, 0.25) is 0 Å². The third-order valence-corrected chi connectivity index (χ3v) is 10.0. The van der Waals surface area contributed by atoms with Crippen LogP contribution in [0.15, 0.2) is 12.1 Å². The molecule has 1 unspecified atom stereocenters. The molecule has 2 N–H and O–H groups in total. The Hall–Kier alpha value is -1.83. The third kappa shape index (κ3) is 2.78. The Balaban J connectivity index is 1.38. The molecule has 3 heterocycles. The number of carbonyl (C=O) groups excluding carboxylic acids is 1. The normalized spacial score (nSPS) is 38.8. The second-order valence-corrected chi connectivity index (χ2v) is 11.3. The summed E-state index contributed by atoms with van der Waals surface area (Å²) in [5.41, 5.74) is 0.927. The van der Waals surface area contributed by atoms with Gasteiger partial charge in [-0.2, -0.15) is 0 Å². The molecule has 6 rings (SSSR count). The van der Waals surface area contributed by atoms with E-state index in [1.807, 2.05) is 11.0 Å². The van der Waals surface area contributed by atoms with Gasteiger partial charge in [0.15, 0.2) is 11.5 Å². The van der Waals surface area contributed by atoms with Gasteiger partial charge in [-0.15, -0.1) is 0 Å². The summed E-state index contributed by atoms with van der Waals surface area (Å²) in [6.07, 6.45) is 4.95. The minimum atomic E-state index is -0.862. The molecule has 0 radical (unpaired) electrons. The highest BCUT2D eigenvalue weighted by atomic mass is 16.5. The molecule has 2 bridgehead atoms. The zero-order valence-electron chi connectivity index (χ0n) is 20.8. The number of likely N-dealkylation sites (tertiary alicyclic amines) is 2. The van der Waals surface area contributed by atoms with Gasteiger partial charge >= 0.3 is 0 Å². The average Bonchev–Trinajstić information content (AvgIpc) is 3.19. The molecule has 1 saturated carbocycles. The lowest BCUT2D eigenvalue weighted by molar-refractivity contribution is -0.198. The molecule has 1 aromatic carbocycles. The van der Waals surface area contributed by atoms with Crippen LogP contribution in [-0.4, -0.2) is 94.4 Å². The van der Waals surface area contributed by atoms with Gasteiger partial charge in [0.25, 0.3) is 0 Å². The fourth-order valence-corrected chi connectivity index (χ4v) is 8.40. The van der Waals surface area contributed by atoms with Crippen molar-refractivity contribution in [2.75, 3.05) is 39.8 Å². The van der Waals surface area contributed by atoms with Gasteiger partial charge in [-0.3, -0.25) is 9.69 Å². The lowest BCUT2D eigenvalue weighted by atomic mass is 9.48. The number of aromatic hydroxyl groups is 1. The second-order valence-electron chi connectivity index (χ2n) is 11.3. The van der Waals surface area contributed by atoms with Gasteiger partial charge in [0.2, 0.25) is 5.91 Å². The van der Waals surface area contributed by atoms with Gasteiger partial charge in [0, 0.05) is 37.3 Å². The standard InChI is InChI=1S/C27H39N3O4/c1-4-29(5-2)25(32)18-7-6-13-30(16-18)19-10-11-27(33)21-15-17-8-9-20(31)23-22(17)26(27,24(19)34-23)12-14-28(21)3/h8-9,18-19,21,24,31,33H,4-7,10-16H2,1-3H3/t18?,19-,21-,24+,26+,27-/m1/s1. The molecule has 3 aliphatic heterocycles. The molecule has 7 nitrogen and oxygen atoms in total. The van der Waals surface area contributed by atoms with E-state index in [9.17, 15) is 15.0 Å². The zero-order chi connectivity index (χ0) is 23.8. The summed E-state index contributed by atoms with van der Waals surface area (Å²) in [7, 11) is 2.13. The summed E-state index contributed by atoms with van der Waals surface area (Å²) >= 11 is 0. The maximum absolute atomic E-state index is 13.2. The number of rotatable bonds is 4. The molecule has 5 aliphatic rings. The van der Waals surface area contributed by atoms with Crippen molar-refractivity contribution in [3.63, 3.8) is 0 Å². The minimum absolute atomic E-state index is 0.0243. The molecule has 2 saturated heterocycles. The summed E-state index contributed by atoms with van der Waals surface area (Å²) < 4.78 is 6.70. The fourth-order valence-electron chi connectivity index (χ4n) is 8.40. The number of amides is 1. The van der Waals surface area contributed by atoms with Crippen molar-refractivity contribution < 1.29 is 19.7 Å². The lowest BCUT2D eigenvalue weighted by Gasteiger charge is -2.64. The summed E-state index contributed by atoms with van der Waals surface area (Å²) in [6, 6.07) is 4.00.